The highest BCUT2D eigenvalue weighted by molar-refractivity contribution is 5.41. The van der Waals surface area contributed by atoms with Crippen molar-refractivity contribution in [3.8, 4) is 17.6 Å². The van der Waals surface area contributed by atoms with Crippen molar-refractivity contribution in [2.45, 2.75) is 58.3 Å². The van der Waals surface area contributed by atoms with Crippen LogP contribution in [0.3, 0.4) is 0 Å². The number of allylic oxidation sites excluding steroid dienone is 1. The molecule has 1 aromatic carbocycles. The second kappa shape index (κ2) is 9.40. The first-order valence-corrected chi connectivity index (χ1v) is 10.4. The van der Waals surface area contributed by atoms with E-state index in [1.807, 2.05) is 0 Å². The van der Waals surface area contributed by atoms with Crippen molar-refractivity contribution in [3.05, 3.63) is 42.0 Å². The summed E-state index contributed by atoms with van der Waals surface area (Å²) in [7, 11) is 0. The molecule has 2 aliphatic rings. The molecule has 1 aromatic rings. The lowest BCUT2D eigenvalue weighted by molar-refractivity contribution is 0.168. The zero-order chi connectivity index (χ0) is 19.2. The lowest BCUT2D eigenvalue weighted by atomic mass is 9.69. The minimum atomic E-state index is -0.942. The highest BCUT2D eigenvalue weighted by Crippen LogP contribution is 2.41. The van der Waals surface area contributed by atoms with Crippen LogP contribution in [-0.2, 0) is 0 Å². The van der Waals surface area contributed by atoms with Crippen molar-refractivity contribution in [2.75, 3.05) is 6.61 Å². The minimum Gasteiger partial charge on any atom is -0.491 e. The molecule has 0 radical (unpaired) electrons. The number of ether oxygens (including phenoxy) is 1. The van der Waals surface area contributed by atoms with E-state index in [0.717, 1.165) is 24.7 Å². The fourth-order valence-corrected chi connectivity index (χ4v) is 4.66. The third-order valence-corrected chi connectivity index (χ3v) is 6.35. The summed E-state index contributed by atoms with van der Waals surface area (Å²) in [6.45, 7) is 5.98. The lowest BCUT2D eigenvalue weighted by Crippen LogP contribution is -2.25. The number of rotatable bonds is 4. The van der Waals surface area contributed by atoms with E-state index in [-0.39, 0.29) is 11.3 Å². The molecule has 0 bridgehead atoms. The summed E-state index contributed by atoms with van der Waals surface area (Å²) >= 11 is 0. The van der Waals surface area contributed by atoms with Gasteiger partial charge in [-0.15, -0.1) is 6.58 Å². The van der Waals surface area contributed by atoms with Crippen LogP contribution in [0.1, 0.15) is 63.9 Å². The second-order valence-electron chi connectivity index (χ2n) is 7.96. The average Bonchev–Trinajstić information content (AvgIpc) is 2.71. The standard InChI is InChI=1S/C24H30F2O/c1-3-17-5-10-19(11-6-17)20-12-7-18(8-13-20)9-14-21-15-16-22(27-4-2)24(26)23(21)25/h3,15-20H,1,4-8,10-13H2,2H3. The Balaban J connectivity index is 1.54. The van der Waals surface area contributed by atoms with Gasteiger partial charge in [-0.3, -0.25) is 0 Å². The molecule has 0 N–H and O–H groups in total. The maximum Gasteiger partial charge on any atom is 0.201 e. The molecule has 2 fully saturated rings. The number of hydrogen-bond acceptors (Lipinski definition) is 1. The third-order valence-electron chi connectivity index (χ3n) is 6.35. The van der Waals surface area contributed by atoms with Crippen LogP contribution < -0.4 is 4.74 Å². The van der Waals surface area contributed by atoms with Crippen molar-refractivity contribution in [1.82, 2.24) is 0 Å². The molecule has 146 valence electrons. The molecular weight excluding hydrogens is 342 g/mol. The fourth-order valence-electron chi connectivity index (χ4n) is 4.66. The molecule has 2 aliphatic carbocycles. The van der Waals surface area contributed by atoms with E-state index in [1.165, 1.54) is 50.7 Å². The van der Waals surface area contributed by atoms with E-state index in [9.17, 15) is 8.78 Å². The third kappa shape index (κ3) is 4.92. The first-order chi connectivity index (χ1) is 13.1. The van der Waals surface area contributed by atoms with E-state index in [0.29, 0.717) is 18.4 Å². The molecule has 3 rings (SSSR count). The summed E-state index contributed by atoms with van der Waals surface area (Å²) in [5.41, 5.74) is 0.126. The molecule has 1 nitrogen and oxygen atoms in total. The van der Waals surface area contributed by atoms with Crippen LogP contribution in [0, 0.1) is 47.1 Å². The number of benzene rings is 1. The van der Waals surface area contributed by atoms with Crippen molar-refractivity contribution < 1.29 is 13.5 Å². The van der Waals surface area contributed by atoms with E-state index >= 15 is 0 Å². The number of hydrogen-bond donors (Lipinski definition) is 0. The maximum absolute atomic E-state index is 14.1. The van der Waals surface area contributed by atoms with Crippen molar-refractivity contribution >= 4 is 0 Å². The lowest BCUT2D eigenvalue weighted by Gasteiger charge is -2.36. The first kappa shape index (κ1) is 19.9. The van der Waals surface area contributed by atoms with Crippen LogP contribution >= 0.6 is 0 Å². The summed E-state index contributed by atoms with van der Waals surface area (Å²) < 4.78 is 33.2. The molecule has 2 saturated carbocycles. The van der Waals surface area contributed by atoms with Gasteiger partial charge in [-0.05, 0) is 88.2 Å². The highest BCUT2D eigenvalue weighted by atomic mass is 19.2. The Hall–Kier alpha value is -1.82. The van der Waals surface area contributed by atoms with Crippen molar-refractivity contribution in [3.63, 3.8) is 0 Å². The predicted octanol–water partition coefficient (Wildman–Crippen LogP) is 6.51. The molecule has 27 heavy (non-hydrogen) atoms. The average molecular weight is 372 g/mol. The summed E-state index contributed by atoms with van der Waals surface area (Å²) in [6, 6.07) is 2.97. The zero-order valence-corrected chi connectivity index (χ0v) is 16.3. The SMILES string of the molecule is C=CC1CCC(C2CCC(C#Cc3ccc(OCC)c(F)c3F)CC2)CC1. The Bertz CT molecular complexity index is 699. The van der Waals surface area contributed by atoms with Crippen molar-refractivity contribution in [2.24, 2.45) is 23.7 Å². The maximum atomic E-state index is 14.1. The monoisotopic (exact) mass is 372 g/mol. The largest absolute Gasteiger partial charge is 0.491 e. The van der Waals surface area contributed by atoms with Gasteiger partial charge < -0.3 is 4.74 Å². The summed E-state index contributed by atoms with van der Waals surface area (Å²) in [5.74, 6) is 6.84. The van der Waals surface area contributed by atoms with Crippen LogP contribution in [0.4, 0.5) is 8.78 Å². The van der Waals surface area contributed by atoms with Gasteiger partial charge >= 0.3 is 0 Å². The van der Waals surface area contributed by atoms with Gasteiger partial charge in [0.05, 0.1) is 12.2 Å². The van der Waals surface area contributed by atoms with Crippen LogP contribution in [0.2, 0.25) is 0 Å². The molecule has 0 saturated heterocycles. The Labute approximate surface area is 162 Å². The summed E-state index contributed by atoms with van der Waals surface area (Å²) in [5, 5.41) is 0. The Kier molecular flexibility index (Phi) is 6.94. The molecule has 0 aromatic heterocycles. The fraction of sp³-hybridized carbons (Fsp3) is 0.583. The molecule has 0 heterocycles. The van der Waals surface area contributed by atoms with E-state index in [2.05, 4.69) is 24.5 Å². The van der Waals surface area contributed by atoms with Crippen LogP contribution in [0.5, 0.6) is 5.75 Å². The topological polar surface area (TPSA) is 9.23 Å². The Morgan fingerprint density at radius 1 is 1.00 bits per heavy atom. The Morgan fingerprint density at radius 3 is 2.22 bits per heavy atom. The molecule has 0 atom stereocenters. The van der Waals surface area contributed by atoms with E-state index in [4.69, 9.17) is 4.74 Å². The van der Waals surface area contributed by atoms with Gasteiger partial charge in [0.25, 0.3) is 0 Å². The molecule has 0 spiro atoms. The predicted molar refractivity (Wildman–Crippen MR) is 105 cm³/mol. The minimum absolute atomic E-state index is 0.0489. The van der Waals surface area contributed by atoms with Gasteiger partial charge in [-0.2, -0.15) is 4.39 Å². The van der Waals surface area contributed by atoms with Crippen LogP contribution in [0.15, 0.2) is 24.8 Å². The van der Waals surface area contributed by atoms with Gasteiger partial charge in [0.2, 0.25) is 5.82 Å². The number of halogens is 2. The Morgan fingerprint density at radius 2 is 1.63 bits per heavy atom. The van der Waals surface area contributed by atoms with Crippen molar-refractivity contribution in [1.29, 1.82) is 0 Å². The normalized spacial score (nSPS) is 28.1. The first-order valence-electron chi connectivity index (χ1n) is 10.4. The molecule has 3 heteroatoms. The molecular formula is C24H30F2O. The van der Waals surface area contributed by atoms with Gasteiger partial charge in [-0.1, -0.05) is 17.9 Å². The van der Waals surface area contributed by atoms with Crippen LogP contribution in [-0.4, -0.2) is 6.61 Å². The smallest absolute Gasteiger partial charge is 0.201 e. The molecule has 0 unspecified atom stereocenters. The summed E-state index contributed by atoms with van der Waals surface area (Å²) in [6.07, 6.45) is 11.9. The van der Waals surface area contributed by atoms with E-state index < -0.39 is 11.6 Å². The zero-order valence-electron chi connectivity index (χ0n) is 16.3. The van der Waals surface area contributed by atoms with Gasteiger partial charge in [-0.25, -0.2) is 4.39 Å². The van der Waals surface area contributed by atoms with Gasteiger partial charge in [0.15, 0.2) is 11.6 Å². The quantitative estimate of drug-likeness (QED) is 0.432. The highest BCUT2D eigenvalue weighted by Gasteiger charge is 2.29. The molecule has 0 aliphatic heterocycles. The summed E-state index contributed by atoms with van der Waals surface area (Å²) in [4.78, 5) is 0. The van der Waals surface area contributed by atoms with Gasteiger partial charge in [0, 0.05) is 5.92 Å². The van der Waals surface area contributed by atoms with Gasteiger partial charge in [0.1, 0.15) is 0 Å². The van der Waals surface area contributed by atoms with Crippen LogP contribution in [0.25, 0.3) is 0 Å². The van der Waals surface area contributed by atoms with E-state index in [1.54, 1.807) is 6.92 Å². The second-order valence-corrected chi connectivity index (χ2v) is 7.96. The molecule has 0 amide bonds.